The molecular weight excluding hydrogens is 575 g/mol. The van der Waals surface area contributed by atoms with Crippen molar-refractivity contribution in [3.05, 3.63) is 35.5 Å². The third-order valence-electron chi connectivity index (χ3n) is 7.58. The lowest BCUT2D eigenvalue weighted by Gasteiger charge is -2.32. The van der Waals surface area contributed by atoms with Gasteiger partial charge in [0.25, 0.3) is 12.3 Å². The predicted octanol–water partition coefficient (Wildman–Crippen LogP) is 4.67. The summed E-state index contributed by atoms with van der Waals surface area (Å²) in [6.45, 7) is 1.16. The van der Waals surface area contributed by atoms with E-state index in [1.807, 2.05) is 0 Å². The van der Waals surface area contributed by atoms with E-state index in [4.69, 9.17) is 5.11 Å². The number of halogens is 5. The lowest BCUT2D eigenvalue weighted by Crippen LogP contribution is -2.46. The number of sulfonamides is 1. The highest BCUT2D eigenvalue weighted by Gasteiger charge is 2.39. The Labute approximate surface area is 233 Å². The average Bonchev–Trinajstić information content (AvgIpc) is 3.28. The van der Waals surface area contributed by atoms with E-state index in [0.29, 0.717) is 18.7 Å². The summed E-state index contributed by atoms with van der Waals surface area (Å²) < 4.78 is 96.4. The second kappa shape index (κ2) is 12.0. The van der Waals surface area contributed by atoms with Crippen molar-refractivity contribution in [2.45, 2.75) is 88.0 Å². The van der Waals surface area contributed by atoms with Gasteiger partial charge in [-0.15, -0.1) is 0 Å². The fraction of sp³-hybridized carbons (Fsp3) is 0.577. The maximum atomic E-state index is 14.1. The van der Waals surface area contributed by atoms with Gasteiger partial charge in [-0.05, 0) is 56.7 Å². The van der Waals surface area contributed by atoms with Gasteiger partial charge >= 0.3 is 12.1 Å². The van der Waals surface area contributed by atoms with E-state index in [2.05, 4.69) is 10.4 Å². The van der Waals surface area contributed by atoms with Gasteiger partial charge in [0.15, 0.2) is 5.69 Å². The Hall–Kier alpha value is -3.07. The first-order valence-corrected chi connectivity index (χ1v) is 14.8. The first kappa shape index (κ1) is 30.9. The summed E-state index contributed by atoms with van der Waals surface area (Å²) in [5.74, 6) is -1.96. The molecule has 1 aromatic heterocycles. The number of hydrogen-bond acceptors (Lipinski definition) is 5. The van der Waals surface area contributed by atoms with Gasteiger partial charge in [0.1, 0.15) is 0 Å². The number of carboxylic acids is 1. The Morgan fingerprint density at radius 1 is 1.12 bits per heavy atom. The first-order chi connectivity index (χ1) is 19.2. The number of aliphatic carboxylic acids is 1. The molecule has 0 saturated heterocycles. The Kier molecular flexibility index (Phi) is 9.07. The number of carboxylic acid groups (broad SMARTS) is 1. The number of alkyl halides is 5. The van der Waals surface area contributed by atoms with Gasteiger partial charge in [0.05, 0.1) is 28.1 Å². The monoisotopic (exact) mass is 606 g/mol. The minimum Gasteiger partial charge on any atom is -0.481 e. The summed E-state index contributed by atoms with van der Waals surface area (Å²) in [6.07, 6.45) is -3.00. The fourth-order valence-corrected chi connectivity index (χ4v) is 6.65. The van der Waals surface area contributed by atoms with E-state index in [1.165, 1.54) is 10.7 Å². The summed E-state index contributed by atoms with van der Waals surface area (Å²) in [4.78, 5) is 22.8. The van der Waals surface area contributed by atoms with Crippen LogP contribution in [0.3, 0.4) is 0 Å². The molecular formula is C26H31F5N4O5S. The van der Waals surface area contributed by atoms with Crippen LogP contribution >= 0.6 is 0 Å². The van der Waals surface area contributed by atoms with Gasteiger partial charge in [-0.25, -0.2) is 21.9 Å². The van der Waals surface area contributed by atoms with Crippen LogP contribution in [0.5, 0.6) is 0 Å². The lowest BCUT2D eigenvalue weighted by molar-refractivity contribution is -0.145. The normalized spacial score (nSPS) is 21.0. The van der Waals surface area contributed by atoms with E-state index in [9.17, 15) is 40.0 Å². The zero-order valence-electron chi connectivity index (χ0n) is 22.1. The number of nitrogens with one attached hydrogen (secondary N) is 2. The summed E-state index contributed by atoms with van der Waals surface area (Å²) in [7, 11) is -4.96. The van der Waals surface area contributed by atoms with Crippen molar-refractivity contribution in [3.63, 3.8) is 0 Å². The van der Waals surface area contributed by atoms with Crippen molar-refractivity contribution < 1.29 is 45.1 Å². The molecule has 2 aromatic rings. The summed E-state index contributed by atoms with van der Waals surface area (Å²) in [6, 6.07) is 1.46. The lowest BCUT2D eigenvalue weighted by atomic mass is 9.80. The molecule has 1 heterocycles. The van der Waals surface area contributed by atoms with Gasteiger partial charge in [-0.1, -0.05) is 25.3 Å². The van der Waals surface area contributed by atoms with Gasteiger partial charge in [0, 0.05) is 18.2 Å². The standard InChI is InChI=1S/C26H31F5N4O5S/c1-14(23(27)28)34-41(39,40)22-8-7-16(11-19(22)26(29,30)31)21-12-20(24(36)32-18-9-17(10-18)25(37)38)33-35(21)13-15-5-3-2-4-6-15/h7-8,11-12,14-15,17-18,23,34H,2-6,9-10,13H2,1H3,(H,32,36)(H,37,38)/t14-,17-,18-/m0/s1. The number of rotatable bonds is 10. The van der Waals surface area contributed by atoms with Gasteiger partial charge in [0.2, 0.25) is 10.0 Å². The second-order valence-corrected chi connectivity index (χ2v) is 12.4. The number of benzene rings is 1. The molecule has 1 atom stereocenters. The molecule has 0 radical (unpaired) electrons. The smallest absolute Gasteiger partial charge is 0.417 e. The molecule has 2 aliphatic carbocycles. The van der Waals surface area contributed by atoms with Gasteiger partial charge in [-0.3, -0.25) is 14.3 Å². The fourth-order valence-electron chi connectivity index (χ4n) is 5.22. The number of hydrogen-bond donors (Lipinski definition) is 3. The van der Waals surface area contributed by atoms with E-state index in [0.717, 1.165) is 45.1 Å². The molecule has 41 heavy (non-hydrogen) atoms. The molecule has 15 heteroatoms. The molecule has 2 saturated carbocycles. The molecule has 226 valence electrons. The molecule has 2 fully saturated rings. The van der Waals surface area contributed by atoms with E-state index in [1.54, 1.807) is 4.72 Å². The summed E-state index contributed by atoms with van der Waals surface area (Å²) in [5.41, 5.74) is -1.53. The van der Waals surface area contributed by atoms with Gasteiger partial charge < -0.3 is 10.4 Å². The molecule has 0 aliphatic heterocycles. The molecule has 2 aliphatic rings. The highest BCUT2D eigenvalue weighted by Crippen LogP contribution is 2.38. The van der Waals surface area contributed by atoms with Crippen molar-refractivity contribution in [1.29, 1.82) is 0 Å². The van der Waals surface area contributed by atoms with Crippen LogP contribution in [-0.2, 0) is 27.5 Å². The summed E-state index contributed by atoms with van der Waals surface area (Å²) in [5, 5.41) is 16.1. The Balaban J connectivity index is 1.70. The van der Waals surface area contributed by atoms with Crippen molar-refractivity contribution in [2.24, 2.45) is 11.8 Å². The van der Waals surface area contributed by atoms with Crippen molar-refractivity contribution in [1.82, 2.24) is 19.8 Å². The molecule has 3 N–H and O–H groups in total. The predicted molar refractivity (Wildman–Crippen MR) is 137 cm³/mol. The van der Waals surface area contributed by atoms with Crippen LogP contribution in [0.25, 0.3) is 11.3 Å². The summed E-state index contributed by atoms with van der Waals surface area (Å²) >= 11 is 0. The maximum Gasteiger partial charge on any atom is 0.417 e. The molecule has 0 bridgehead atoms. The number of amides is 1. The molecule has 9 nitrogen and oxygen atoms in total. The Bertz CT molecular complexity index is 1380. The topological polar surface area (TPSA) is 130 Å². The average molecular weight is 607 g/mol. The number of carbonyl (C=O) groups excluding carboxylic acids is 1. The molecule has 0 spiro atoms. The third-order valence-corrected chi connectivity index (χ3v) is 9.20. The minimum atomic E-state index is -5.15. The van der Waals surface area contributed by atoms with E-state index in [-0.39, 0.29) is 41.8 Å². The number of nitrogens with zero attached hydrogens (tertiary/aromatic N) is 2. The molecule has 4 rings (SSSR count). The Morgan fingerprint density at radius 3 is 2.37 bits per heavy atom. The first-order valence-electron chi connectivity index (χ1n) is 13.3. The van der Waals surface area contributed by atoms with Crippen LogP contribution in [0.2, 0.25) is 0 Å². The van der Waals surface area contributed by atoms with Crippen molar-refractivity contribution in [3.8, 4) is 11.3 Å². The largest absolute Gasteiger partial charge is 0.481 e. The highest BCUT2D eigenvalue weighted by atomic mass is 32.2. The van der Waals surface area contributed by atoms with Crippen LogP contribution in [0.15, 0.2) is 29.2 Å². The second-order valence-electron chi connectivity index (χ2n) is 10.7. The van der Waals surface area contributed by atoms with Crippen LogP contribution in [0.1, 0.15) is 67.9 Å². The third kappa shape index (κ3) is 7.23. The number of aromatic nitrogens is 2. The van der Waals surface area contributed by atoms with Crippen LogP contribution in [0.4, 0.5) is 22.0 Å². The van der Waals surface area contributed by atoms with Crippen LogP contribution in [-0.4, -0.2) is 53.7 Å². The van der Waals surface area contributed by atoms with Crippen LogP contribution < -0.4 is 10.0 Å². The van der Waals surface area contributed by atoms with E-state index >= 15 is 0 Å². The number of carbonyl (C=O) groups is 2. The minimum absolute atomic E-state index is 0.0601. The zero-order valence-corrected chi connectivity index (χ0v) is 22.9. The van der Waals surface area contributed by atoms with Gasteiger partial charge in [-0.2, -0.15) is 18.3 Å². The molecule has 1 amide bonds. The Morgan fingerprint density at radius 2 is 1.78 bits per heavy atom. The van der Waals surface area contributed by atoms with Crippen molar-refractivity contribution >= 4 is 21.9 Å². The SMILES string of the molecule is C[C@H](NS(=O)(=O)c1ccc(-c2cc(C(=O)N[C@H]3C[C@H](C(=O)O)C3)nn2CC2CCCCC2)cc1C(F)(F)F)C(F)F. The van der Waals surface area contributed by atoms with E-state index < -0.39 is 56.9 Å². The van der Waals surface area contributed by atoms with Crippen molar-refractivity contribution in [2.75, 3.05) is 0 Å². The zero-order chi connectivity index (χ0) is 30.1. The maximum absolute atomic E-state index is 14.1. The van der Waals surface area contributed by atoms with Crippen LogP contribution in [0, 0.1) is 11.8 Å². The quantitative estimate of drug-likeness (QED) is 0.337. The molecule has 0 unspecified atom stereocenters. The highest BCUT2D eigenvalue weighted by molar-refractivity contribution is 7.89. The molecule has 1 aromatic carbocycles.